The van der Waals surface area contributed by atoms with Gasteiger partial charge in [-0.25, -0.2) is 0 Å². The molecule has 0 unspecified atom stereocenters. The van der Waals surface area contributed by atoms with Gasteiger partial charge in [-0.15, -0.1) is 0 Å². The number of benzene rings is 2. The van der Waals surface area contributed by atoms with Crippen molar-refractivity contribution in [1.29, 1.82) is 0 Å². The molecule has 0 amide bonds. The summed E-state index contributed by atoms with van der Waals surface area (Å²) in [5.41, 5.74) is 1.74. The van der Waals surface area contributed by atoms with Crippen LogP contribution in [0.15, 0.2) is 45.6 Å². The Hall–Kier alpha value is -2.50. The summed E-state index contributed by atoms with van der Waals surface area (Å²) in [5.74, 6) is 1.62. The predicted octanol–water partition coefficient (Wildman–Crippen LogP) is 3.99. The van der Waals surface area contributed by atoms with Gasteiger partial charge in [0.1, 0.15) is 22.8 Å². The second-order valence-electron chi connectivity index (χ2n) is 5.39. The molecule has 0 bridgehead atoms. The highest BCUT2D eigenvalue weighted by Crippen LogP contribution is 2.38. The van der Waals surface area contributed by atoms with Gasteiger partial charge in [-0.2, -0.15) is 0 Å². The Labute approximate surface area is 142 Å². The molecule has 1 aliphatic rings. The average molecular weight is 345 g/mol. The normalized spacial score (nSPS) is 13.4. The molecule has 6 heteroatoms. The maximum Gasteiger partial charge on any atom is 0.193 e. The SMILES string of the molecule is COc1ccc2c(=O)cc(-c3cc(Cl)cc4c3OCOC4)oc2c1. The zero-order chi connectivity index (χ0) is 16.7. The smallest absolute Gasteiger partial charge is 0.193 e. The van der Waals surface area contributed by atoms with Crippen molar-refractivity contribution in [2.24, 2.45) is 0 Å². The Morgan fingerprint density at radius 1 is 1.17 bits per heavy atom. The first-order chi connectivity index (χ1) is 11.7. The third kappa shape index (κ3) is 2.52. The lowest BCUT2D eigenvalue weighted by Crippen LogP contribution is -2.12. The van der Waals surface area contributed by atoms with E-state index in [1.807, 2.05) is 0 Å². The molecule has 0 saturated heterocycles. The summed E-state index contributed by atoms with van der Waals surface area (Å²) in [6.45, 7) is 0.543. The Bertz CT molecular complexity index is 993. The molecule has 0 aliphatic carbocycles. The first kappa shape index (κ1) is 15.1. The first-order valence-electron chi connectivity index (χ1n) is 7.31. The van der Waals surface area contributed by atoms with Crippen LogP contribution in [-0.2, 0) is 11.3 Å². The van der Waals surface area contributed by atoms with Crippen molar-refractivity contribution < 1.29 is 18.6 Å². The van der Waals surface area contributed by atoms with Gasteiger partial charge in [0.15, 0.2) is 12.2 Å². The number of methoxy groups -OCH3 is 1. The topological polar surface area (TPSA) is 57.9 Å². The molecule has 24 heavy (non-hydrogen) atoms. The summed E-state index contributed by atoms with van der Waals surface area (Å²) in [4.78, 5) is 12.4. The molecule has 5 nitrogen and oxygen atoms in total. The van der Waals surface area contributed by atoms with Gasteiger partial charge < -0.3 is 18.6 Å². The van der Waals surface area contributed by atoms with E-state index in [2.05, 4.69) is 0 Å². The van der Waals surface area contributed by atoms with Crippen LogP contribution in [0.3, 0.4) is 0 Å². The van der Waals surface area contributed by atoms with Crippen LogP contribution < -0.4 is 14.9 Å². The lowest BCUT2D eigenvalue weighted by Gasteiger charge is -2.20. The monoisotopic (exact) mass is 344 g/mol. The lowest BCUT2D eigenvalue weighted by molar-refractivity contribution is -0.0159. The molecule has 2 heterocycles. The molecular formula is C18H13ClO5. The Balaban J connectivity index is 1.97. The maximum atomic E-state index is 12.4. The fraction of sp³-hybridized carbons (Fsp3) is 0.167. The molecule has 0 N–H and O–H groups in total. The Kier molecular flexibility index (Phi) is 3.67. The quantitative estimate of drug-likeness (QED) is 0.703. The van der Waals surface area contributed by atoms with Gasteiger partial charge in [0.2, 0.25) is 0 Å². The largest absolute Gasteiger partial charge is 0.497 e. The highest BCUT2D eigenvalue weighted by atomic mass is 35.5. The molecule has 0 fully saturated rings. The third-order valence-electron chi connectivity index (χ3n) is 3.88. The van der Waals surface area contributed by atoms with Gasteiger partial charge in [-0.1, -0.05) is 11.6 Å². The van der Waals surface area contributed by atoms with Crippen molar-refractivity contribution in [3.05, 3.63) is 57.2 Å². The summed E-state index contributed by atoms with van der Waals surface area (Å²) >= 11 is 6.19. The van der Waals surface area contributed by atoms with Crippen molar-refractivity contribution in [1.82, 2.24) is 0 Å². The molecule has 4 rings (SSSR count). The standard InChI is InChI=1S/C18H13ClO5/c1-21-12-2-3-13-15(20)7-17(24-16(13)6-12)14-5-11(19)4-10-8-22-9-23-18(10)14/h2-7H,8-9H2,1H3. The van der Waals surface area contributed by atoms with Crippen molar-refractivity contribution in [2.45, 2.75) is 6.61 Å². The minimum atomic E-state index is -0.144. The molecule has 122 valence electrons. The van der Waals surface area contributed by atoms with E-state index in [0.29, 0.717) is 45.4 Å². The molecule has 1 aromatic heterocycles. The molecule has 3 aromatic rings. The van der Waals surface area contributed by atoms with Crippen LogP contribution in [0.2, 0.25) is 5.02 Å². The van der Waals surface area contributed by atoms with Gasteiger partial charge in [0.05, 0.1) is 24.7 Å². The van der Waals surface area contributed by atoms with Crippen molar-refractivity contribution >= 4 is 22.6 Å². The number of halogens is 1. The molecule has 0 radical (unpaired) electrons. The highest BCUT2D eigenvalue weighted by molar-refractivity contribution is 6.31. The van der Waals surface area contributed by atoms with Crippen LogP contribution in [0.1, 0.15) is 5.56 Å². The van der Waals surface area contributed by atoms with Crippen LogP contribution >= 0.6 is 11.6 Å². The Morgan fingerprint density at radius 2 is 2.04 bits per heavy atom. The fourth-order valence-corrected chi connectivity index (χ4v) is 3.00. The van der Waals surface area contributed by atoms with E-state index in [1.165, 1.54) is 6.07 Å². The van der Waals surface area contributed by atoms with Crippen LogP contribution in [-0.4, -0.2) is 13.9 Å². The first-order valence-corrected chi connectivity index (χ1v) is 7.69. The molecule has 0 saturated carbocycles. The summed E-state index contributed by atoms with van der Waals surface area (Å²) in [7, 11) is 1.56. The predicted molar refractivity (Wildman–Crippen MR) is 89.8 cm³/mol. The van der Waals surface area contributed by atoms with Gasteiger partial charge in [0.25, 0.3) is 0 Å². The number of hydrogen-bond acceptors (Lipinski definition) is 5. The van der Waals surface area contributed by atoms with Crippen LogP contribution in [0.4, 0.5) is 0 Å². The number of ether oxygens (including phenoxy) is 3. The van der Waals surface area contributed by atoms with Crippen molar-refractivity contribution in [3.8, 4) is 22.8 Å². The molecule has 0 atom stereocenters. The number of hydrogen-bond donors (Lipinski definition) is 0. The minimum absolute atomic E-state index is 0.144. The van der Waals surface area contributed by atoms with Gasteiger partial charge >= 0.3 is 0 Å². The van der Waals surface area contributed by atoms with Gasteiger partial charge in [-0.3, -0.25) is 4.79 Å². The molecule has 0 spiro atoms. The van der Waals surface area contributed by atoms with E-state index in [4.69, 9.17) is 30.2 Å². The number of rotatable bonds is 2. The van der Waals surface area contributed by atoms with Crippen molar-refractivity contribution in [3.63, 3.8) is 0 Å². The zero-order valence-corrected chi connectivity index (χ0v) is 13.6. The lowest BCUT2D eigenvalue weighted by atomic mass is 10.1. The van der Waals surface area contributed by atoms with E-state index in [9.17, 15) is 4.79 Å². The van der Waals surface area contributed by atoms with Crippen LogP contribution in [0.25, 0.3) is 22.3 Å². The van der Waals surface area contributed by atoms with Crippen LogP contribution in [0.5, 0.6) is 11.5 Å². The van der Waals surface area contributed by atoms with Gasteiger partial charge in [-0.05, 0) is 24.3 Å². The summed E-state index contributed by atoms with van der Waals surface area (Å²) in [6, 6.07) is 10.0. The third-order valence-corrected chi connectivity index (χ3v) is 4.09. The second kappa shape index (κ2) is 5.85. The van der Waals surface area contributed by atoms with E-state index in [0.717, 1.165) is 5.56 Å². The summed E-state index contributed by atoms with van der Waals surface area (Å²) in [6.07, 6.45) is 0. The molecule has 2 aromatic carbocycles. The molecule has 1 aliphatic heterocycles. The fourth-order valence-electron chi connectivity index (χ4n) is 2.76. The van der Waals surface area contributed by atoms with Crippen LogP contribution in [0, 0.1) is 0 Å². The minimum Gasteiger partial charge on any atom is -0.497 e. The highest BCUT2D eigenvalue weighted by Gasteiger charge is 2.20. The van der Waals surface area contributed by atoms with E-state index >= 15 is 0 Å². The van der Waals surface area contributed by atoms with Crippen molar-refractivity contribution in [2.75, 3.05) is 13.9 Å². The molecular weight excluding hydrogens is 332 g/mol. The zero-order valence-electron chi connectivity index (χ0n) is 12.8. The van der Waals surface area contributed by atoms with E-state index in [-0.39, 0.29) is 12.2 Å². The summed E-state index contributed by atoms with van der Waals surface area (Å²) in [5, 5.41) is 1.01. The maximum absolute atomic E-state index is 12.4. The number of fused-ring (bicyclic) bond motifs is 2. The second-order valence-corrected chi connectivity index (χ2v) is 5.83. The van der Waals surface area contributed by atoms with E-state index < -0.39 is 0 Å². The van der Waals surface area contributed by atoms with Gasteiger partial charge in [0, 0.05) is 22.7 Å². The van der Waals surface area contributed by atoms with E-state index in [1.54, 1.807) is 37.4 Å². The summed E-state index contributed by atoms with van der Waals surface area (Å²) < 4.78 is 22.0. The Morgan fingerprint density at radius 3 is 2.88 bits per heavy atom. The average Bonchev–Trinajstić information content (AvgIpc) is 2.60.